The second-order valence-electron chi connectivity index (χ2n) is 14.6. The zero-order valence-corrected chi connectivity index (χ0v) is 26.7. The molecule has 0 N–H and O–H groups in total. The Morgan fingerprint density at radius 2 is 1.00 bits per heavy atom. The number of hydrogen-bond donors (Lipinski definition) is 0. The monoisotopic (exact) mass is 546 g/mol. The van der Waals surface area contributed by atoms with Crippen molar-refractivity contribution in [1.29, 1.82) is 0 Å². The van der Waals surface area contributed by atoms with E-state index < -0.39 is 8.32 Å². The van der Waals surface area contributed by atoms with Crippen LogP contribution in [-0.2, 0) is 4.43 Å². The summed E-state index contributed by atoms with van der Waals surface area (Å²) >= 11 is 0. The third-order valence-corrected chi connectivity index (χ3v) is 18.5. The Hall–Kier alpha value is -0.863. The Kier molecular flexibility index (Phi) is 8.54. The van der Waals surface area contributed by atoms with E-state index in [9.17, 15) is 0 Å². The molecule has 0 bridgehead atoms. The van der Waals surface area contributed by atoms with Gasteiger partial charge in [0, 0.05) is 6.61 Å². The molecule has 1 nitrogen and oxygen atoms in total. The van der Waals surface area contributed by atoms with Crippen LogP contribution in [-0.4, -0.2) is 14.9 Å². The quantitative estimate of drug-likeness (QED) is 0.248. The molecule has 216 valence electrons. The zero-order chi connectivity index (χ0) is 27.0. The van der Waals surface area contributed by atoms with Gasteiger partial charge in [-0.15, -0.1) is 0 Å². The smallest absolute Gasteiger partial charge is 0.191 e. The summed E-state index contributed by atoms with van der Waals surface area (Å²) in [6.45, 7) is 10.9. The lowest BCUT2D eigenvalue weighted by Crippen LogP contribution is -2.48. The fraction of sp³-hybridized carbons (Fsp3) is 0.784. The molecule has 39 heavy (non-hydrogen) atoms. The van der Waals surface area contributed by atoms with E-state index in [2.05, 4.69) is 76.3 Å². The lowest BCUT2D eigenvalue weighted by Gasteiger charge is -2.53. The molecular formula is C37H58OSi. The van der Waals surface area contributed by atoms with E-state index in [0.29, 0.717) is 5.41 Å². The van der Waals surface area contributed by atoms with Crippen LogP contribution in [0, 0.1) is 64.6 Å². The van der Waals surface area contributed by atoms with Gasteiger partial charge < -0.3 is 4.43 Å². The average Bonchev–Trinajstić information content (AvgIpc) is 3.52. The van der Waals surface area contributed by atoms with Crippen molar-refractivity contribution in [1.82, 2.24) is 0 Å². The molecule has 0 radical (unpaired) electrons. The SMILES string of the molecule is CCC(CCO[Si](CC)(CC)CC)(C1C2C=CC=CC2C2CCCCC21)C1C2C=CC=CC2C2CCCCC21. The molecule has 0 saturated heterocycles. The van der Waals surface area contributed by atoms with Crippen molar-refractivity contribution < 1.29 is 4.43 Å². The largest absolute Gasteiger partial charge is 0.417 e. The predicted octanol–water partition coefficient (Wildman–Crippen LogP) is 10.4. The summed E-state index contributed by atoms with van der Waals surface area (Å²) < 4.78 is 7.17. The van der Waals surface area contributed by atoms with Crippen molar-refractivity contribution >= 4 is 8.32 Å². The molecule has 0 aliphatic heterocycles. The van der Waals surface area contributed by atoms with Crippen LogP contribution < -0.4 is 0 Å². The topological polar surface area (TPSA) is 9.23 Å². The minimum atomic E-state index is -1.60. The van der Waals surface area contributed by atoms with Crippen LogP contribution in [0.2, 0.25) is 18.1 Å². The van der Waals surface area contributed by atoms with Gasteiger partial charge in [0.15, 0.2) is 8.32 Å². The van der Waals surface area contributed by atoms with Crippen molar-refractivity contribution in [2.75, 3.05) is 6.61 Å². The molecule has 0 aromatic rings. The number of hydrogen-bond acceptors (Lipinski definition) is 1. The van der Waals surface area contributed by atoms with Crippen molar-refractivity contribution in [2.24, 2.45) is 64.6 Å². The van der Waals surface area contributed by atoms with Crippen LogP contribution in [0.5, 0.6) is 0 Å². The van der Waals surface area contributed by atoms with Gasteiger partial charge in [-0.1, -0.05) is 102 Å². The van der Waals surface area contributed by atoms with E-state index in [1.165, 1.54) is 82.3 Å². The molecule has 4 fully saturated rings. The molecular weight excluding hydrogens is 488 g/mol. The first kappa shape index (κ1) is 28.3. The molecule has 10 unspecified atom stereocenters. The van der Waals surface area contributed by atoms with Crippen molar-refractivity contribution in [3.8, 4) is 0 Å². The molecule has 6 rings (SSSR count). The number of rotatable bonds is 10. The molecule has 6 aliphatic rings. The number of fused-ring (bicyclic) bond motifs is 6. The van der Waals surface area contributed by atoms with E-state index >= 15 is 0 Å². The first-order chi connectivity index (χ1) is 19.1. The first-order valence-corrected chi connectivity index (χ1v) is 20.0. The molecule has 0 aromatic heterocycles. The molecule has 2 heteroatoms. The fourth-order valence-corrected chi connectivity index (χ4v) is 14.6. The summed E-state index contributed by atoms with van der Waals surface area (Å²) in [5, 5.41) is 0. The first-order valence-electron chi connectivity index (χ1n) is 17.5. The highest BCUT2D eigenvalue weighted by molar-refractivity contribution is 6.73. The lowest BCUT2D eigenvalue weighted by atomic mass is 9.51. The van der Waals surface area contributed by atoms with Gasteiger partial charge in [0.2, 0.25) is 0 Å². The van der Waals surface area contributed by atoms with Gasteiger partial charge in [-0.05, 0) is 121 Å². The molecule has 0 spiro atoms. The third-order valence-electron chi connectivity index (χ3n) is 13.8. The Balaban J connectivity index is 1.43. The second kappa shape index (κ2) is 11.8. The molecule has 6 aliphatic carbocycles. The highest BCUT2D eigenvalue weighted by Gasteiger charge is 2.63. The normalized spacial score (nSPS) is 42.1. The van der Waals surface area contributed by atoms with E-state index in [-0.39, 0.29) is 0 Å². The van der Waals surface area contributed by atoms with Gasteiger partial charge in [0.25, 0.3) is 0 Å². The van der Waals surface area contributed by atoms with Crippen LogP contribution in [0.4, 0.5) is 0 Å². The molecule has 0 amide bonds. The summed E-state index contributed by atoms with van der Waals surface area (Å²) in [6, 6.07) is 3.83. The second-order valence-corrected chi connectivity index (χ2v) is 19.3. The Bertz CT molecular complexity index is 886. The van der Waals surface area contributed by atoms with E-state index in [1.807, 2.05) is 0 Å². The molecule has 4 saturated carbocycles. The molecule has 0 aromatic carbocycles. The van der Waals surface area contributed by atoms with Crippen molar-refractivity contribution in [3.05, 3.63) is 48.6 Å². The summed E-state index contributed by atoms with van der Waals surface area (Å²) in [7, 11) is -1.60. The van der Waals surface area contributed by atoms with Gasteiger partial charge >= 0.3 is 0 Å². The van der Waals surface area contributed by atoms with E-state index in [4.69, 9.17) is 4.43 Å². The standard InChI is InChI=1S/C37H58OSi/c1-5-37(25-26-38-39(6-2,7-3)8-4,35-31-21-13-9-17-27(31)28-18-10-14-22-32(28)35)36-33-23-15-11-19-29(33)30-20-12-16-24-34(30)36/h9,11,13,15,17,19,21,23,27-36H,5-8,10,12,14,16,18,20,22,24-26H2,1-4H3. The minimum Gasteiger partial charge on any atom is -0.417 e. The Morgan fingerprint density at radius 3 is 1.41 bits per heavy atom. The highest BCUT2D eigenvalue weighted by atomic mass is 28.4. The summed E-state index contributed by atoms with van der Waals surface area (Å²) in [4.78, 5) is 0. The highest BCUT2D eigenvalue weighted by Crippen LogP contribution is 2.69. The summed E-state index contributed by atoms with van der Waals surface area (Å²) in [6.07, 6.45) is 34.7. The van der Waals surface area contributed by atoms with Crippen molar-refractivity contribution in [3.63, 3.8) is 0 Å². The van der Waals surface area contributed by atoms with Crippen LogP contribution in [0.15, 0.2) is 48.6 Å². The van der Waals surface area contributed by atoms with Gasteiger partial charge in [-0.25, -0.2) is 0 Å². The maximum atomic E-state index is 7.17. The fourth-order valence-electron chi connectivity index (χ4n) is 12.0. The van der Waals surface area contributed by atoms with Crippen LogP contribution in [0.1, 0.15) is 91.9 Å². The van der Waals surface area contributed by atoms with Crippen LogP contribution in [0.25, 0.3) is 0 Å². The Morgan fingerprint density at radius 1 is 0.590 bits per heavy atom. The molecule has 10 atom stereocenters. The lowest BCUT2D eigenvalue weighted by molar-refractivity contribution is -0.0461. The van der Waals surface area contributed by atoms with Gasteiger partial charge in [-0.3, -0.25) is 0 Å². The van der Waals surface area contributed by atoms with Crippen molar-refractivity contribution in [2.45, 2.75) is 110 Å². The van der Waals surface area contributed by atoms with E-state index in [0.717, 1.165) is 65.8 Å². The summed E-state index contributed by atoms with van der Waals surface area (Å²) in [5.41, 5.74) is 0.389. The maximum Gasteiger partial charge on any atom is 0.191 e. The maximum absolute atomic E-state index is 7.17. The van der Waals surface area contributed by atoms with Gasteiger partial charge in [0.05, 0.1) is 0 Å². The zero-order valence-electron chi connectivity index (χ0n) is 25.7. The van der Waals surface area contributed by atoms with E-state index in [1.54, 1.807) is 0 Å². The minimum absolute atomic E-state index is 0.389. The third kappa shape index (κ3) is 4.67. The predicted molar refractivity (Wildman–Crippen MR) is 169 cm³/mol. The van der Waals surface area contributed by atoms with Gasteiger partial charge in [0.1, 0.15) is 0 Å². The molecule has 0 heterocycles. The van der Waals surface area contributed by atoms with Crippen LogP contribution in [0.3, 0.4) is 0 Å². The summed E-state index contributed by atoms with van der Waals surface area (Å²) in [5.74, 6) is 8.38. The Labute approximate surface area is 242 Å². The average molecular weight is 547 g/mol. The number of allylic oxidation sites excluding steroid dienone is 8. The van der Waals surface area contributed by atoms with Gasteiger partial charge in [-0.2, -0.15) is 0 Å². The van der Waals surface area contributed by atoms with Crippen LogP contribution >= 0.6 is 0 Å².